The second-order valence-corrected chi connectivity index (χ2v) is 4.06. The molecule has 0 aliphatic carbocycles. The lowest BCUT2D eigenvalue weighted by atomic mass is 10.2. The summed E-state index contributed by atoms with van der Waals surface area (Å²) in [6.45, 7) is 0. The molecule has 0 aliphatic rings. The molecule has 5 nitrogen and oxygen atoms in total. The molecule has 21 heavy (non-hydrogen) atoms. The summed E-state index contributed by atoms with van der Waals surface area (Å²) in [4.78, 5) is 15.8. The number of aromatic nitrogens is 1. The van der Waals surface area contributed by atoms with Gasteiger partial charge in [-0.2, -0.15) is 5.26 Å². The summed E-state index contributed by atoms with van der Waals surface area (Å²) < 4.78 is 26.9. The average Bonchev–Trinajstić information content (AvgIpc) is 2.49. The predicted molar refractivity (Wildman–Crippen MR) is 72.8 cm³/mol. The molecule has 106 valence electrons. The van der Waals surface area contributed by atoms with Crippen molar-refractivity contribution in [3.8, 4) is 6.07 Å². The lowest BCUT2D eigenvalue weighted by Crippen LogP contribution is -2.16. The lowest BCUT2D eigenvalue weighted by Gasteiger charge is -2.09. The van der Waals surface area contributed by atoms with E-state index in [9.17, 15) is 13.6 Å². The molecule has 0 bridgehead atoms. The van der Waals surface area contributed by atoms with Gasteiger partial charge in [0.1, 0.15) is 17.5 Å². The number of benzene rings is 1. The Morgan fingerprint density at radius 1 is 1.33 bits per heavy atom. The molecule has 0 unspecified atom stereocenters. The number of anilines is 2. The van der Waals surface area contributed by atoms with Gasteiger partial charge in [0, 0.05) is 7.05 Å². The molecule has 2 rings (SSSR count). The van der Waals surface area contributed by atoms with Gasteiger partial charge in [-0.15, -0.1) is 0 Å². The lowest BCUT2D eigenvalue weighted by molar-refractivity contribution is 0.102. The van der Waals surface area contributed by atoms with E-state index >= 15 is 0 Å². The van der Waals surface area contributed by atoms with Gasteiger partial charge in [-0.1, -0.05) is 0 Å². The fraction of sp³-hybridized carbons (Fsp3) is 0.0714. The van der Waals surface area contributed by atoms with Crippen LogP contribution in [-0.4, -0.2) is 17.9 Å². The van der Waals surface area contributed by atoms with Crippen LogP contribution in [0.3, 0.4) is 0 Å². The molecule has 0 aliphatic heterocycles. The smallest absolute Gasteiger partial charge is 0.259 e. The van der Waals surface area contributed by atoms with Crippen LogP contribution in [0.25, 0.3) is 0 Å². The van der Waals surface area contributed by atoms with E-state index in [2.05, 4.69) is 15.6 Å². The highest BCUT2D eigenvalue weighted by molar-refractivity contribution is 6.07. The van der Waals surface area contributed by atoms with Gasteiger partial charge in [0.2, 0.25) is 0 Å². The number of pyridine rings is 1. The fourth-order valence-electron chi connectivity index (χ4n) is 1.69. The first kappa shape index (κ1) is 14.4. The molecule has 2 aromatic rings. The fourth-order valence-corrected chi connectivity index (χ4v) is 1.69. The zero-order valence-electron chi connectivity index (χ0n) is 10.9. The van der Waals surface area contributed by atoms with Gasteiger partial charge in [0.25, 0.3) is 5.91 Å². The van der Waals surface area contributed by atoms with Gasteiger partial charge in [0.05, 0.1) is 29.1 Å². The van der Waals surface area contributed by atoms with E-state index in [1.54, 1.807) is 6.07 Å². The Balaban J connectivity index is 2.30. The monoisotopic (exact) mass is 288 g/mol. The summed E-state index contributed by atoms with van der Waals surface area (Å²) in [7, 11) is 1.53. The number of nitrogens with zero attached hydrogens (tertiary/aromatic N) is 2. The van der Waals surface area contributed by atoms with Crippen LogP contribution < -0.4 is 10.6 Å². The minimum atomic E-state index is -0.752. The van der Waals surface area contributed by atoms with Crippen LogP contribution in [0.1, 0.15) is 15.9 Å². The predicted octanol–water partition coefficient (Wildman–Crippen LogP) is 2.53. The van der Waals surface area contributed by atoms with Gasteiger partial charge in [-0.25, -0.2) is 13.8 Å². The first-order valence-electron chi connectivity index (χ1n) is 5.89. The van der Waals surface area contributed by atoms with Crippen molar-refractivity contribution in [2.45, 2.75) is 0 Å². The molecule has 1 amide bonds. The van der Waals surface area contributed by atoms with Crippen molar-refractivity contribution in [1.29, 1.82) is 5.26 Å². The SMILES string of the molecule is CNc1ncc(F)cc1C(=O)Nc1ccc(C#N)cc1F. The average molecular weight is 288 g/mol. The molecular formula is C14H10F2N4O. The summed E-state index contributed by atoms with van der Waals surface area (Å²) in [5, 5.41) is 13.6. The Hall–Kier alpha value is -3.01. The van der Waals surface area contributed by atoms with Gasteiger partial charge in [0.15, 0.2) is 0 Å². The van der Waals surface area contributed by atoms with Gasteiger partial charge in [-0.05, 0) is 24.3 Å². The van der Waals surface area contributed by atoms with Gasteiger partial charge >= 0.3 is 0 Å². The Labute approximate surface area is 119 Å². The number of amides is 1. The second kappa shape index (κ2) is 5.96. The molecule has 7 heteroatoms. The maximum absolute atomic E-state index is 13.7. The number of nitriles is 1. The van der Waals surface area contributed by atoms with E-state index in [1.165, 1.54) is 19.2 Å². The maximum Gasteiger partial charge on any atom is 0.259 e. The van der Waals surface area contributed by atoms with Crippen molar-refractivity contribution in [3.63, 3.8) is 0 Å². The number of rotatable bonds is 3. The van der Waals surface area contributed by atoms with Crippen molar-refractivity contribution >= 4 is 17.4 Å². The Morgan fingerprint density at radius 2 is 2.10 bits per heavy atom. The number of hydrogen-bond donors (Lipinski definition) is 2. The Morgan fingerprint density at radius 3 is 2.71 bits per heavy atom. The van der Waals surface area contributed by atoms with Crippen LogP contribution in [0, 0.1) is 23.0 Å². The summed E-state index contributed by atoms with van der Waals surface area (Å²) in [5.74, 6) is -1.98. The highest BCUT2D eigenvalue weighted by Gasteiger charge is 2.15. The number of carbonyl (C=O) groups excluding carboxylic acids is 1. The zero-order chi connectivity index (χ0) is 15.4. The summed E-state index contributed by atoms with van der Waals surface area (Å²) in [6, 6.07) is 6.40. The topological polar surface area (TPSA) is 77.8 Å². The zero-order valence-corrected chi connectivity index (χ0v) is 10.9. The van der Waals surface area contributed by atoms with Crippen LogP contribution in [0.15, 0.2) is 30.5 Å². The van der Waals surface area contributed by atoms with Crippen LogP contribution in [0.4, 0.5) is 20.3 Å². The number of hydrogen-bond acceptors (Lipinski definition) is 4. The molecule has 0 spiro atoms. The first-order valence-corrected chi connectivity index (χ1v) is 5.89. The third-order valence-corrected chi connectivity index (χ3v) is 2.68. The minimum Gasteiger partial charge on any atom is -0.372 e. The van der Waals surface area contributed by atoms with E-state index in [0.29, 0.717) is 0 Å². The van der Waals surface area contributed by atoms with E-state index in [1.807, 2.05) is 0 Å². The second-order valence-electron chi connectivity index (χ2n) is 4.06. The van der Waals surface area contributed by atoms with E-state index in [4.69, 9.17) is 5.26 Å². The number of halogens is 2. The van der Waals surface area contributed by atoms with Crippen molar-refractivity contribution in [3.05, 3.63) is 53.2 Å². The molecule has 1 aromatic heterocycles. The quantitative estimate of drug-likeness (QED) is 0.909. The Kier molecular flexibility index (Phi) is 4.09. The molecule has 0 atom stereocenters. The third-order valence-electron chi connectivity index (χ3n) is 2.68. The van der Waals surface area contributed by atoms with Crippen LogP contribution in [-0.2, 0) is 0 Å². The third kappa shape index (κ3) is 3.12. The molecule has 0 saturated heterocycles. The van der Waals surface area contributed by atoms with Crippen molar-refractivity contribution in [2.24, 2.45) is 0 Å². The standard InChI is InChI=1S/C14H10F2N4O/c1-18-13-10(5-9(15)7-19-13)14(21)20-12-3-2-8(6-17)4-11(12)16/h2-5,7H,1H3,(H,18,19)(H,20,21). The molecule has 2 N–H and O–H groups in total. The highest BCUT2D eigenvalue weighted by Crippen LogP contribution is 2.19. The van der Waals surface area contributed by atoms with Gasteiger partial charge < -0.3 is 10.6 Å². The first-order chi connectivity index (χ1) is 10.0. The largest absolute Gasteiger partial charge is 0.372 e. The summed E-state index contributed by atoms with van der Waals surface area (Å²) in [6.07, 6.45) is 0.963. The normalized spacial score (nSPS) is 9.81. The van der Waals surface area contributed by atoms with E-state index in [0.717, 1.165) is 18.3 Å². The highest BCUT2D eigenvalue weighted by atomic mass is 19.1. The number of carbonyl (C=O) groups is 1. The van der Waals surface area contributed by atoms with Crippen LogP contribution in [0.5, 0.6) is 0 Å². The molecule has 1 heterocycles. The van der Waals surface area contributed by atoms with Crippen molar-refractivity contribution in [2.75, 3.05) is 17.7 Å². The van der Waals surface area contributed by atoms with Crippen molar-refractivity contribution in [1.82, 2.24) is 4.98 Å². The molecule has 0 radical (unpaired) electrons. The van der Waals surface area contributed by atoms with Crippen molar-refractivity contribution < 1.29 is 13.6 Å². The molecule has 0 saturated carbocycles. The van der Waals surface area contributed by atoms with Crippen LogP contribution >= 0.6 is 0 Å². The minimum absolute atomic E-state index is 0.0544. The summed E-state index contributed by atoms with van der Waals surface area (Å²) in [5.41, 5.74) is -0.0274. The molecular weight excluding hydrogens is 278 g/mol. The Bertz CT molecular complexity index is 740. The van der Waals surface area contributed by atoms with E-state index in [-0.39, 0.29) is 22.6 Å². The summed E-state index contributed by atoms with van der Waals surface area (Å²) >= 11 is 0. The molecule has 1 aromatic carbocycles. The van der Waals surface area contributed by atoms with Gasteiger partial charge in [-0.3, -0.25) is 4.79 Å². The van der Waals surface area contributed by atoms with Crippen LogP contribution in [0.2, 0.25) is 0 Å². The number of nitrogens with one attached hydrogen (secondary N) is 2. The maximum atomic E-state index is 13.7. The molecule has 0 fully saturated rings. The van der Waals surface area contributed by atoms with E-state index < -0.39 is 17.5 Å².